The second kappa shape index (κ2) is 3.82. The van der Waals surface area contributed by atoms with Crippen molar-refractivity contribution in [2.75, 3.05) is 0 Å². The lowest BCUT2D eigenvalue weighted by Crippen LogP contribution is -2.15. The van der Waals surface area contributed by atoms with Gasteiger partial charge in [-0.3, -0.25) is 0 Å². The highest BCUT2D eigenvalue weighted by atomic mass is 16.4. The van der Waals surface area contributed by atoms with Gasteiger partial charge in [-0.05, 0) is 19.3 Å². The van der Waals surface area contributed by atoms with E-state index in [4.69, 9.17) is 5.21 Å². The molecule has 4 heteroatoms. The molecular formula is C10H15N3O. The first-order chi connectivity index (χ1) is 6.86. The molecule has 0 aliphatic heterocycles. The number of rotatable bonds is 2. The highest BCUT2D eigenvalue weighted by Crippen LogP contribution is 2.28. The second-order valence-corrected chi connectivity index (χ2v) is 3.60. The third-order valence-electron chi connectivity index (χ3n) is 2.82. The van der Waals surface area contributed by atoms with Gasteiger partial charge in [-0.1, -0.05) is 12.1 Å². The van der Waals surface area contributed by atoms with Crippen LogP contribution in [0.3, 0.4) is 0 Å². The first kappa shape index (κ1) is 9.24. The van der Waals surface area contributed by atoms with Crippen molar-refractivity contribution in [1.82, 2.24) is 9.55 Å². The fourth-order valence-electron chi connectivity index (χ4n) is 2.13. The molecule has 1 aliphatic rings. The maximum absolute atomic E-state index is 8.85. The van der Waals surface area contributed by atoms with Crippen LogP contribution in [0.5, 0.6) is 0 Å². The summed E-state index contributed by atoms with van der Waals surface area (Å²) in [7, 11) is 0. The third-order valence-corrected chi connectivity index (χ3v) is 2.82. The molecule has 1 aromatic rings. The summed E-state index contributed by atoms with van der Waals surface area (Å²) in [5.74, 6) is 1.07. The molecule has 1 heterocycles. The predicted octanol–water partition coefficient (Wildman–Crippen LogP) is 2.00. The van der Waals surface area contributed by atoms with Crippen LogP contribution in [0.25, 0.3) is 0 Å². The van der Waals surface area contributed by atoms with Crippen LogP contribution in [0.15, 0.2) is 17.5 Å². The van der Waals surface area contributed by atoms with Gasteiger partial charge in [0.05, 0.1) is 11.8 Å². The van der Waals surface area contributed by atoms with Crippen molar-refractivity contribution >= 4 is 5.71 Å². The number of aryl methyl sites for hydroxylation is 1. The Bertz CT molecular complexity index is 343. The van der Waals surface area contributed by atoms with E-state index in [0.29, 0.717) is 0 Å². The molecule has 0 saturated heterocycles. The Kier molecular flexibility index (Phi) is 2.52. The summed E-state index contributed by atoms with van der Waals surface area (Å²) in [6.07, 6.45) is 7.77. The van der Waals surface area contributed by atoms with Crippen LogP contribution in [-0.4, -0.2) is 20.5 Å². The Morgan fingerprint density at radius 3 is 3.29 bits per heavy atom. The number of nitrogens with zero attached hydrogens (tertiary/aromatic N) is 3. The first-order valence-corrected chi connectivity index (χ1v) is 5.09. The number of imidazole rings is 1. The summed E-state index contributed by atoms with van der Waals surface area (Å²) >= 11 is 0. The molecule has 0 spiro atoms. The Hall–Kier alpha value is -1.32. The van der Waals surface area contributed by atoms with Crippen molar-refractivity contribution in [2.24, 2.45) is 5.16 Å². The van der Waals surface area contributed by atoms with E-state index < -0.39 is 0 Å². The van der Waals surface area contributed by atoms with E-state index >= 15 is 0 Å². The van der Waals surface area contributed by atoms with Crippen LogP contribution in [-0.2, 0) is 6.42 Å². The van der Waals surface area contributed by atoms with E-state index in [0.717, 1.165) is 37.2 Å². The minimum absolute atomic E-state index is 0.234. The fourth-order valence-corrected chi connectivity index (χ4v) is 2.13. The Morgan fingerprint density at radius 1 is 1.71 bits per heavy atom. The smallest absolute Gasteiger partial charge is 0.108 e. The largest absolute Gasteiger partial charge is 0.411 e. The zero-order valence-electron chi connectivity index (χ0n) is 8.35. The lowest BCUT2D eigenvalue weighted by atomic mass is 10.2. The minimum atomic E-state index is 0.234. The summed E-state index contributed by atoms with van der Waals surface area (Å²) in [6.45, 7) is 2.09. The van der Waals surface area contributed by atoms with Crippen LogP contribution >= 0.6 is 0 Å². The average molecular weight is 193 g/mol. The molecule has 1 aliphatic carbocycles. The van der Waals surface area contributed by atoms with Crippen LogP contribution in [0, 0.1) is 0 Å². The summed E-state index contributed by atoms with van der Waals surface area (Å²) in [5, 5.41) is 12.2. The number of hydrogen-bond donors (Lipinski definition) is 1. The van der Waals surface area contributed by atoms with E-state index in [1.54, 1.807) is 0 Å². The van der Waals surface area contributed by atoms with Crippen LogP contribution < -0.4 is 0 Å². The molecule has 1 atom stereocenters. The molecule has 2 rings (SSSR count). The van der Waals surface area contributed by atoms with Gasteiger partial charge in [-0.2, -0.15) is 0 Å². The molecular weight excluding hydrogens is 178 g/mol. The summed E-state index contributed by atoms with van der Waals surface area (Å²) in [4.78, 5) is 4.27. The molecule has 1 aromatic heterocycles. The van der Waals surface area contributed by atoms with Crippen LogP contribution in [0.4, 0.5) is 0 Å². The van der Waals surface area contributed by atoms with Gasteiger partial charge in [-0.25, -0.2) is 4.98 Å². The molecule has 0 radical (unpaired) electrons. The average Bonchev–Trinajstić information content (AvgIpc) is 2.85. The van der Waals surface area contributed by atoms with Crippen molar-refractivity contribution in [3.8, 4) is 0 Å². The van der Waals surface area contributed by atoms with Crippen molar-refractivity contribution in [3.05, 3.63) is 18.2 Å². The van der Waals surface area contributed by atoms with Gasteiger partial charge in [0.15, 0.2) is 0 Å². The molecule has 1 saturated carbocycles. The Labute approximate surface area is 83.3 Å². The Morgan fingerprint density at radius 2 is 2.57 bits per heavy atom. The van der Waals surface area contributed by atoms with E-state index in [9.17, 15) is 0 Å². The standard InChI is InChI=1S/C10H15N3O/c1-2-10-11-6-7-13(10)9-5-3-4-8(9)12-14/h6-7,9,14H,2-5H2,1H3/b12-8+/t9-/m0/s1. The minimum Gasteiger partial charge on any atom is -0.411 e. The summed E-state index contributed by atoms with van der Waals surface area (Å²) < 4.78 is 2.13. The highest BCUT2D eigenvalue weighted by molar-refractivity contribution is 5.89. The molecule has 1 N–H and O–H groups in total. The van der Waals surface area contributed by atoms with Gasteiger partial charge in [0, 0.05) is 18.8 Å². The van der Waals surface area contributed by atoms with Crippen molar-refractivity contribution < 1.29 is 5.21 Å². The maximum Gasteiger partial charge on any atom is 0.108 e. The van der Waals surface area contributed by atoms with Gasteiger partial charge < -0.3 is 9.77 Å². The third kappa shape index (κ3) is 1.41. The van der Waals surface area contributed by atoms with Gasteiger partial charge in [0.2, 0.25) is 0 Å². The first-order valence-electron chi connectivity index (χ1n) is 5.09. The van der Waals surface area contributed by atoms with E-state index in [1.165, 1.54) is 0 Å². The fraction of sp³-hybridized carbons (Fsp3) is 0.600. The SMILES string of the molecule is CCc1nccn1[C@H]1CCC/C1=N\O. The van der Waals surface area contributed by atoms with E-state index in [-0.39, 0.29) is 6.04 Å². The lowest BCUT2D eigenvalue weighted by molar-refractivity contribution is 0.314. The monoisotopic (exact) mass is 193 g/mol. The topological polar surface area (TPSA) is 50.4 Å². The lowest BCUT2D eigenvalue weighted by Gasteiger charge is -2.14. The van der Waals surface area contributed by atoms with Gasteiger partial charge in [-0.15, -0.1) is 0 Å². The molecule has 0 unspecified atom stereocenters. The molecule has 0 bridgehead atoms. The van der Waals surface area contributed by atoms with Crippen molar-refractivity contribution in [3.63, 3.8) is 0 Å². The van der Waals surface area contributed by atoms with E-state index in [2.05, 4.69) is 21.6 Å². The molecule has 76 valence electrons. The van der Waals surface area contributed by atoms with Gasteiger partial charge >= 0.3 is 0 Å². The maximum atomic E-state index is 8.85. The zero-order chi connectivity index (χ0) is 9.97. The number of oxime groups is 1. The second-order valence-electron chi connectivity index (χ2n) is 3.60. The normalized spacial score (nSPS) is 24.6. The zero-order valence-corrected chi connectivity index (χ0v) is 8.35. The summed E-state index contributed by atoms with van der Waals surface area (Å²) in [6, 6.07) is 0.234. The van der Waals surface area contributed by atoms with Crippen molar-refractivity contribution in [1.29, 1.82) is 0 Å². The highest BCUT2D eigenvalue weighted by Gasteiger charge is 2.25. The number of aromatic nitrogens is 2. The molecule has 1 fully saturated rings. The van der Waals surface area contributed by atoms with Gasteiger partial charge in [0.1, 0.15) is 5.82 Å². The van der Waals surface area contributed by atoms with E-state index in [1.807, 2.05) is 12.4 Å². The quantitative estimate of drug-likeness (QED) is 0.577. The van der Waals surface area contributed by atoms with Crippen LogP contribution in [0.1, 0.15) is 38.1 Å². The predicted molar refractivity (Wildman–Crippen MR) is 53.7 cm³/mol. The Balaban J connectivity index is 2.30. The number of hydrogen-bond acceptors (Lipinski definition) is 3. The molecule has 0 amide bonds. The van der Waals surface area contributed by atoms with Gasteiger partial charge in [0.25, 0.3) is 0 Å². The van der Waals surface area contributed by atoms with Crippen LogP contribution in [0.2, 0.25) is 0 Å². The summed E-state index contributed by atoms with van der Waals surface area (Å²) in [5.41, 5.74) is 0.887. The molecule has 14 heavy (non-hydrogen) atoms. The molecule has 4 nitrogen and oxygen atoms in total. The van der Waals surface area contributed by atoms with Crippen molar-refractivity contribution in [2.45, 2.75) is 38.6 Å². The molecule has 0 aromatic carbocycles.